The van der Waals surface area contributed by atoms with Gasteiger partial charge in [-0.1, -0.05) is 18.2 Å². The fraction of sp³-hybridized carbons (Fsp3) is 0.556. The fourth-order valence-corrected chi connectivity index (χ4v) is 3.28. The van der Waals surface area contributed by atoms with Crippen molar-refractivity contribution in [2.75, 3.05) is 33.7 Å². The van der Waals surface area contributed by atoms with Crippen LogP contribution in [0.25, 0.3) is 0 Å². The number of fused-ring (bicyclic) bond motifs is 1. The van der Waals surface area contributed by atoms with Crippen molar-refractivity contribution in [3.05, 3.63) is 34.9 Å². The molecular formula is C18H26N4O2. The Hall–Kier alpha value is -1.92. The van der Waals surface area contributed by atoms with Crippen LogP contribution in [0.4, 0.5) is 0 Å². The first-order valence-electron chi connectivity index (χ1n) is 8.54. The number of nitrogens with zero attached hydrogens (tertiary/aromatic N) is 2. The molecule has 1 aromatic carbocycles. The Kier molecular flexibility index (Phi) is 5.16. The van der Waals surface area contributed by atoms with Crippen molar-refractivity contribution in [3.63, 3.8) is 0 Å². The topological polar surface area (TPSA) is 64.7 Å². The lowest BCUT2D eigenvalue weighted by Crippen LogP contribution is -2.35. The van der Waals surface area contributed by atoms with E-state index in [1.807, 2.05) is 19.0 Å². The lowest BCUT2D eigenvalue weighted by molar-refractivity contribution is -0.129. The first kappa shape index (κ1) is 16.9. The molecule has 2 N–H and O–H groups in total. The number of carbonyl (C=O) groups is 2. The highest BCUT2D eigenvalue weighted by molar-refractivity contribution is 5.89. The third kappa shape index (κ3) is 3.94. The second-order valence-electron chi connectivity index (χ2n) is 6.97. The Labute approximate surface area is 143 Å². The number of likely N-dealkylation sites (tertiary alicyclic amines) is 1. The summed E-state index contributed by atoms with van der Waals surface area (Å²) < 4.78 is 0. The number of hydrogen-bond donors (Lipinski definition) is 2. The summed E-state index contributed by atoms with van der Waals surface area (Å²) >= 11 is 0. The third-order valence-electron chi connectivity index (χ3n) is 4.77. The molecule has 2 heterocycles. The van der Waals surface area contributed by atoms with Gasteiger partial charge >= 0.3 is 0 Å². The van der Waals surface area contributed by atoms with E-state index in [0.717, 1.165) is 25.2 Å². The molecular weight excluding hydrogens is 304 g/mol. The number of amides is 2. The maximum absolute atomic E-state index is 12.4. The summed E-state index contributed by atoms with van der Waals surface area (Å²) in [6.07, 6.45) is 0.327. The summed E-state index contributed by atoms with van der Waals surface area (Å²) in [4.78, 5) is 28.2. The molecule has 6 heteroatoms. The van der Waals surface area contributed by atoms with Crippen molar-refractivity contribution >= 4 is 11.8 Å². The Morgan fingerprint density at radius 2 is 2.12 bits per heavy atom. The molecule has 0 spiro atoms. The molecule has 2 aliphatic rings. The molecule has 2 amide bonds. The molecule has 1 unspecified atom stereocenters. The minimum absolute atomic E-state index is 0.0191. The van der Waals surface area contributed by atoms with E-state index in [-0.39, 0.29) is 17.7 Å². The molecule has 3 rings (SSSR count). The van der Waals surface area contributed by atoms with Crippen LogP contribution in [0.5, 0.6) is 0 Å². The van der Waals surface area contributed by atoms with Gasteiger partial charge in [0, 0.05) is 45.7 Å². The van der Waals surface area contributed by atoms with Crippen LogP contribution < -0.4 is 10.6 Å². The minimum atomic E-state index is -0.226. The molecule has 1 aromatic rings. The zero-order chi connectivity index (χ0) is 17.1. The van der Waals surface area contributed by atoms with Crippen molar-refractivity contribution in [1.82, 2.24) is 20.4 Å². The maximum atomic E-state index is 12.4. The minimum Gasteiger partial charge on any atom is -0.352 e. The predicted molar refractivity (Wildman–Crippen MR) is 92.1 cm³/mol. The summed E-state index contributed by atoms with van der Waals surface area (Å²) in [5, 5.41) is 6.31. The van der Waals surface area contributed by atoms with E-state index in [1.165, 1.54) is 11.1 Å². The lowest BCUT2D eigenvalue weighted by Gasteiger charge is -2.19. The lowest BCUT2D eigenvalue weighted by atomic mass is 10.1. The molecule has 1 atom stereocenters. The van der Waals surface area contributed by atoms with Gasteiger partial charge in [0.15, 0.2) is 0 Å². The second-order valence-corrected chi connectivity index (χ2v) is 6.97. The van der Waals surface area contributed by atoms with E-state index < -0.39 is 0 Å². The van der Waals surface area contributed by atoms with Crippen LogP contribution in [-0.4, -0.2) is 55.3 Å². The summed E-state index contributed by atoms with van der Waals surface area (Å²) in [7, 11) is 3.97. The van der Waals surface area contributed by atoms with Gasteiger partial charge in [0.25, 0.3) is 0 Å². The molecule has 24 heavy (non-hydrogen) atoms. The van der Waals surface area contributed by atoms with E-state index in [1.54, 1.807) is 4.90 Å². The SMILES string of the molecule is CN(C)CCN1CC(C(=O)NCc2ccc3c(c2)CNC3)CC1=O. The maximum Gasteiger partial charge on any atom is 0.225 e. The first-order valence-corrected chi connectivity index (χ1v) is 8.54. The van der Waals surface area contributed by atoms with Crippen LogP contribution in [0.15, 0.2) is 18.2 Å². The quantitative estimate of drug-likeness (QED) is 0.788. The van der Waals surface area contributed by atoms with Crippen LogP contribution >= 0.6 is 0 Å². The molecule has 0 radical (unpaired) electrons. The zero-order valence-electron chi connectivity index (χ0n) is 14.5. The van der Waals surface area contributed by atoms with Gasteiger partial charge in [0.1, 0.15) is 0 Å². The molecule has 0 aromatic heterocycles. The Morgan fingerprint density at radius 1 is 1.33 bits per heavy atom. The highest BCUT2D eigenvalue weighted by Crippen LogP contribution is 2.19. The van der Waals surface area contributed by atoms with Crippen molar-refractivity contribution < 1.29 is 9.59 Å². The van der Waals surface area contributed by atoms with Gasteiger partial charge in [-0.25, -0.2) is 0 Å². The van der Waals surface area contributed by atoms with E-state index in [2.05, 4.69) is 28.8 Å². The number of likely N-dealkylation sites (N-methyl/N-ethyl adjacent to an activating group) is 1. The average Bonchev–Trinajstić information content (AvgIpc) is 3.16. The third-order valence-corrected chi connectivity index (χ3v) is 4.77. The van der Waals surface area contributed by atoms with E-state index in [9.17, 15) is 9.59 Å². The Bertz CT molecular complexity index is 629. The molecule has 2 aliphatic heterocycles. The Balaban J connectivity index is 1.49. The molecule has 6 nitrogen and oxygen atoms in total. The van der Waals surface area contributed by atoms with Crippen LogP contribution in [0.3, 0.4) is 0 Å². The molecule has 1 fully saturated rings. The highest BCUT2D eigenvalue weighted by Gasteiger charge is 2.33. The molecule has 0 saturated carbocycles. The van der Waals surface area contributed by atoms with Crippen LogP contribution in [0.2, 0.25) is 0 Å². The molecule has 0 aliphatic carbocycles. The van der Waals surface area contributed by atoms with Gasteiger partial charge in [0.05, 0.1) is 5.92 Å². The first-order chi connectivity index (χ1) is 11.5. The standard InChI is InChI=1S/C18H26N4O2/c1-21(2)5-6-22-12-16(8-17(22)23)18(24)20-9-13-3-4-14-10-19-11-15(14)7-13/h3-4,7,16,19H,5-6,8-12H2,1-2H3,(H,20,24). The summed E-state index contributed by atoms with van der Waals surface area (Å²) in [6.45, 7) is 4.39. The average molecular weight is 330 g/mol. The number of rotatable bonds is 6. The van der Waals surface area contributed by atoms with Crippen LogP contribution in [0, 0.1) is 5.92 Å². The fourth-order valence-electron chi connectivity index (χ4n) is 3.28. The monoisotopic (exact) mass is 330 g/mol. The van der Waals surface area contributed by atoms with E-state index in [4.69, 9.17) is 0 Å². The van der Waals surface area contributed by atoms with Crippen LogP contribution in [-0.2, 0) is 29.2 Å². The van der Waals surface area contributed by atoms with Gasteiger partial charge in [0.2, 0.25) is 11.8 Å². The van der Waals surface area contributed by atoms with Gasteiger partial charge < -0.3 is 20.4 Å². The number of nitrogens with one attached hydrogen (secondary N) is 2. The summed E-state index contributed by atoms with van der Waals surface area (Å²) in [6, 6.07) is 6.34. The second kappa shape index (κ2) is 7.32. The van der Waals surface area contributed by atoms with Crippen molar-refractivity contribution in [2.45, 2.75) is 26.1 Å². The van der Waals surface area contributed by atoms with E-state index in [0.29, 0.717) is 26.1 Å². The van der Waals surface area contributed by atoms with Crippen molar-refractivity contribution in [2.24, 2.45) is 5.92 Å². The largest absolute Gasteiger partial charge is 0.352 e. The van der Waals surface area contributed by atoms with E-state index >= 15 is 0 Å². The van der Waals surface area contributed by atoms with Gasteiger partial charge in [-0.2, -0.15) is 0 Å². The van der Waals surface area contributed by atoms with Gasteiger partial charge in [-0.15, -0.1) is 0 Å². The van der Waals surface area contributed by atoms with Crippen molar-refractivity contribution in [3.8, 4) is 0 Å². The zero-order valence-corrected chi connectivity index (χ0v) is 14.5. The molecule has 0 bridgehead atoms. The predicted octanol–water partition coefficient (Wildman–Crippen LogP) is 0.316. The normalized spacial score (nSPS) is 19.9. The summed E-state index contributed by atoms with van der Waals surface area (Å²) in [5.74, 6) is -0.161. The molecule has 1 saturated heterocycles. The van der Waals surface area contributed by atoms with Gasteiger partial charge in [-0.3, -0.25) is 9.59 Å². The van der Waals surface area contributed by atoms with Gasteiger partial charge in [-0.05, 0) is 30.8 Å². The number of benzene rings is 1. The number of hydrogen-bond acceptors (Lipinski definition) is 4. The van der Waals surface area contributed by atoms with Crippen LogP contribution in [0.1, 0.15) is 23.1 Å². The molecule has 130 valence electrons. The number of carbonyl (C=O) groups excluding carboxylic acids is 2. The highest BCUT2D eigenvalue weighted by atomic mass is 16.2. The Morgan fingerprint density at radius 3 is 2.92 bits per heavy atom. The smallest absolute Gasteiger partial charge is 0.225 e. The summed E-state index contributed by atoms with van der Waals surface area (Å²) in [5.41, 5.74) is 3.76. The van der Waals surface area contributed by atoms with Crippen molar-refractivity contribution in [1.29, 1.82) is 0 Å².